The van der Waals surface area contributed by atoms with Gasteiger partial charge in [0.1, 0.15) is 16.3 Å². The molecule has 0 saturated heterocycles. The third kappa shape index (κ3) is 3.09. The fourth-order valence-corrected chi connectivity index (χ4v) is 4.28. The summed E-state index contributed by atoms with van der Waals surface area (Å²) in [5, 5.41) is 4.77. The molecule has 0 aliphatic heterocycles. The largest absolute Gasteiger partial charge is 0.490 e. The summed E-state index contributed by atoms with van der Waals surface area (Å²) in [6.45, 7) is 2.86. The quantitative estimate of drug-likeness (QED) is 0.330. The van der Waals surface area contributed by atoms with Gasteiger partial charge in [-0.1, -0.05) is 24.3 Å². The first-order chi connectivity index (χ1) is 14.8. The number of hydrogen-bond acceptors (Lipinski definition) is 7. The van der Waals surface area contributed by atoms with Crippen LogP contribution in [0.25, 0.3) is 43.9 Å². The number of hydrogen-bond donors (Lipinski definition) is 0. The zero-order chi connectivity index (χ0) is 20.5. The van der Waals surface area contributed by atoms with Crippen LogP contribution in [-0.2, 0) is 4.79 Å². The lowest BCUT2D eigenvalue weighted by atomic mass is 10.1. The maximum Gasteiger partial charge on any atom is 0.299 e. The molecule has 0 unspecified atom stereocenters. The van der Waals surface area contributed by atoms with Crippen LogP contribution in [-0.4, -0.2) is 23.0 Å². The molecule has 0 N–H and O–H groups in total. The Morgan fingerprint density at radius 3 is 2.80 bits per heavy atom. The predicted octanol–water partition coefficient (Wildman–Crippen LogP) is 5.71. The fourth-order valence-electron chi connectivity index (χ4n) is 3.44. The molecule has 3 aromatic heterocycles. The van der Waals surface area contributed by atoms with E-state index in [0.29, 0.717) is 35.8 Å². The minimum atomic E-state index is 0.237. The number of para-hydroxylation sites is 1. The van der Waals surface area contributed by atoms with Crippen molar-refractivity contribution in [2.75, 3.05) is 6.61 Å². The maximum absolute atomic E-state index is 10.6. The number of ether oxygens (including phenoxy) is 2. The molecule has 5 aromatic rings. The van der Waals surface area contributed by atoms with E-state index in [1.54, 1.807) is 12.1 Å². The summed E-state index contributed by atoms with van der Waals surface area (Å²) in [4.78, 5) is 19.7. The molecule has 0 spiro atoms. The number of rotatable bonds is 6. The highest BCUT2D eigenvalue weighted by Gasteiger charge is 2.19. The molecule has 3 heterocycles. The van der Waals surface area contributed by atoms with E-state index in [4.69, 9.17) is 18.9 Å². The molecule has 30 heavy (non-hydrogen) atoms. The minimum absolute atomic E-state index is 0.237. The minimum Gasteiger partial charge on any atom is -0.490 e. The Balaban J connectivity index is 1.66. The van der Waals surface area contributed by atoms with Crippen LogP contribution < -0.4 is 9.47 Å². The molecule has 0 fully saturated rings. The van der Waals surface area contributed by atoms with Gasteiger partial charge in [0.25, 0.3) is 6.47 Å². The van der Waals surface area contributed by atoms with Crippen molar-refractivity contribution in [2.24, 2.45) is 0 Å². The van der Waals surface area contributed by atoms with Crippen molar-refractivity contribution in [3.63, 3.8) is 0 Å². The predicted molar refractivity (Wildman–Crippen MR) is 116 cm³/mol. The van der Waals surface area contributed by atoms with Crippen molar-refractivity contribution in [3.05, 3.63) is 60.0 Å². The van der Waals surface area contributed by atoms with Crippen LogP contribution in [0.3, 0.4) is 0 Å². The van der Waals surface area contributed by atoms with E-state index in [-0.39, 0.29) is 5.88 Å². The first-order valence-electron chi connectivity index (χ1n) is 9.39. The standard InChI is InChI=1S/C23H16N2O4S/c1-2-27-19-11-10-15(21-14-6-3-4-8-18(14)29-22(19)21)23-25-17(12-30-23)16-7-5-9-20(24-16)28-13-26/h3-13H,2H2,1H3. The van der Waals surface area contributed by atoms with Gasteiger partial charge in [-0.15, -0.1) is 11.3 Å². The van der Waals surface area contributed by atoms with E-state index in [0.717, 1.165) is 26.9 Å². The Kier molecular flexibility index (Phi) is 4.65. The number of nitrogens with zero attached hydrogens (tertiary/aromatic N) is 2. The highest BCUT2D eigenvalue weighted by atomic mass is 32.1. The molecule has 7 heteroatoms. The molecule has 6 nitrogen and oxygen atoms in total. The van der Waals surface area contributed by atoms with Crippen LogP contribution in [0.15, 0.2) is 64.4 Å². The normalized spacial score (nSPS) is 11.1. The van der Waals surface area contributed by atoms with Gasteiger partial charge < -0.3 is 13.9 Å². The van der Waals surface area contributed by atoms with Crippen molar-refractivity contribution in [1.82, 2.24) is 9.97 Å². The Morgan fingerprint density at radius 1 is 1.03 bits per heavy atom. The molecule has 5 rings (SSSR count). The van der Waals surface area contributed by atoms with E-state index >= 15 is 0 Å². The number of thiazole rings is 1. The first kappa shape index (κ1) is 18.3. The van der Waals surface area contributed by atoms with E-state index in [1.807, 2.05) is 54.8 Å². The summed E-state index contributed by atoms with van der Waals surface area (Å²) in [5.74, 6) is 0.950. The number of fused-ring (bicyclic) bond motifs is 3. The first-order valence-corrected chi connectivity index (χ1v) is 10.3. The number of carbonyl (C=O) groups excluding carboxylic acids is 1. The van der Waals surface area contributed by atoms with Gasteiger partial charge in [-0.25, -0.2) is 9.97 Å². The maximum atomic E-state index is 10.6. The summed E-state index contributed by atoms with van der Waals surface area (Å²) in [5.41, 5.74) is 3.83. The highest BCUT2D eigenvalue weighted by Crippen LogP contribution is 2.42. The van der Waals surface area contributed by atoms with Crippen molar-refractivity contribution in [2.45, 2.75) is 6.92 Å². The lowest BCUT2D eigenvalue weighted by Crippen LogP contribution is -1.93. The SMILES string of the molecule is CCOc1ccc(-c2nc(-c3cccc(OC=O)n3)cs2)c2c1oc1ccccc12. The van der Waals surface area contributed by atoms with Crippen LogP contribution in [0.2, 0.25) is 0 Å². The molecule has 0 radical (unpaired) electrons. The Labute approximate surface area is 175 Å². The van der Waals surface area contributed by atoms with E-state index in [1.165, 1.54) is 11.3 Å². The Hall–Kier alpha value is -3.71. The Morgan fingerprint density at radius 2 is 1.93 bits per heavy atom. The molecule has 0 saturated carbocycles. The average Bonchev–Trinajstić information content (AvgIpc) is 3.40. The second-order valence-corrected chi connectivity index (χ2v) is 7.32. The summed E-state index contributed by atoms with van der Waals surface area (Å²) in [6, 6.07) is 17.1. The van der Waals surface area contributed by atoms with Gasteiger partial charge in [0.2, 0.25) is 5.88 Å². The molecular weight excluding hydrogens is 400 g/mol. The number of aromatic nitrogens is 2. The van der Waals surface area contributed by atoms with E-state index in [2.05, 4.69) is 4.98 Å². The van der Waals surface area contributed by atoms with Crippen LogP contribution in [0.4, 0.5) is 0 Å². The topological polar surface area (TPSA) is 74.5 Å². The monoisotopic (exact) mass is 416 g/mol. The average molecular weight is 416 g/mol. The van der Waals surface area contributed by atoms with Crippen LogP contribution in [0.5, 0.6) is 11.6 Å². The second kappa shape index (κ2) is 7.61. The lowest BCUT2D eigenvalue weighted by Gasteiger charge is -2.06. The molecule has 0 aliphatic carbocycles. The van der Waals surface area contributed by atoms with Crippen molar-refractivity contribution < 1.29 is 18.7 Å². The molecule has 0 amide bonds. The number of carbonyl (C=O) groups is 1. The van der Waals surface area contributed by atoms with E-state index < -0.39 is 0 Å². The van der Waals surface area contributed by atoms with Crippen molar-refractivity contribution >= 4 is 39.7 Å². The van der Waals surface area contributed by atoms with Crippen LogP contribution >= 0.6 is 11.3 Å². The number of furan rings is 1. The third-order valence-electron chi connectivity index (χ3n) is 4.68. The van der Waals surface area contributed by atoms with Crippen LogP contribution in [0.1, 0.15) is 6.92 Å². The lowest BCUT2D eigenvalue weighted by molar-refractivity contribution is -0.120. The van der Waals surface area contributed by atoms with Crippen molar-refractivity contribution in [3.8, 4) is 33.6 Å². The summed E-state index contributed by atoms with van der Waals surface area (Å²) >= 11 is 1.52. The van der Waals surface area contributed by atoms with Gasteiger partial charge in [-0.3, -0.25) is 4.79 Å². The summed E-state index contributed by atoms with van der Waals surface area (Å²) in [6.07, 6.45) is 0. The van der Waals surface area contributed by atoms with Gasteiger partial charge in [0.15, 0.2) is 11.3 Å². The fraction of sp³-hybridized carbons (Fsp3) is 0.0870. The third-order valence-corrected chi connectivity index (χ3v) is 5.55. The van der Waals surface area contributed by atoms with Gasteiger partial charge in [0.05, 0.1) is 12.3 Å². The molecule has 2 aromatic carbocycles. The van der Waals surface area contributed by atoms with Gasteiger partial charge in [0, 0.05) is 27.8 Å². The Bertz CT molecular complexity index is 1370. The van der Waals surface area contributed by atoms with E-state index in [9.17, 15) is 4.79 Å². The molecule has 0 bridgehead atoms. The summed E-state index contributed by atoms with van der Waals surface area (Å²) in [7, 11) is 0. The van der Waals surface area contributed by atoms with Gasteiger partial charge in [-0.2, -0.15) is 0 Å². The molecule has 148 valence electrons. The van der Waals surface area contributed by atoms with Crippen molar-refractivity contribution in [1.29, 1.82) is 0 Å². The number of pyridine rings is 1. The van der Waals surface area contributed by atoms with Gasteiger partial charge >= 0.3 is 0 Å². The van der Waals surface area contributed by atoms with Gasteiger partial charge in [-0.05, 0) is 31.2 Å². The smallest absolute Gasteiger partial charge is 0.299 e. The highest BCUT2D eigenvalue weighted by molar-refractivity contribution is 7.13. The molecular formula is C23H16N2O4S. The zero-order valence-electron chi connectivity index (χ0n) is 16.0. The zero-order valence-corrected chi connectivity index (χ0v) is 16.8. The number of benzene rings is 2. The summed E-state index contributed by atoms with van der Waals surface area (Å²) < 4.78 is 16.8. The molecule has 0 aliphatic rings. The van der Waals surface area contributed by atoms with Crippen LogP contribution in [0, 0.1) is 0 Å². The molecule has 0 atom stereocenters. The second-order valence-electron chi connectivity index (χ2n) is 6.46.